The second-order valence-electron chi connectivity index (χ2n) is 5.34. The number of aromatic nitrogens is 2. The van der Waals surface area contributed by atoms with Crippen LogP contribution >= 0.6 is 0 Å². The van der Waals surface area contributed by atoms with Crippen LogP contribution in [-0.2, 0) is 12.1 Å². The molecule has 4 heteroatoms. The Bertz CT molecular complexity index is 546. The van der Waals surface area contributed by atoms with E-state index < -0.39 is 0 Å². The zero-order valence-corrected chi connectivity index (χ0v) is 11.0. The molecule has 1 aromatic carbocycles. The molecule has 1 N–H and O–H groups in total. The maximum absolute atomic E-state index is 13.9. The van der Waals surface area contributed by atoms with Crippen molar-refractivity contribution in [2.75, 3.05) is 0 Å². The largest absolute Gasteiger partial charge is 0.303 e. The van der Waals surface area contributed by atoms with E-state index in [4.69, 9.17) is 0 Å². The van der Waals surface area contributed by atoms with Crippen LogP contribution in [0.3, 0.4) is 0 Å². The summed E-state index contributed by atoms with van der Waals surface area (Å²) in [5.41, 5.74) is 0.625. The highest BCUT2D eigenvalue weighted by Gasteiger charge is 2.46. The van der Waals surface area contributed by atoms with Gasteiger partial charge in [-0.2, -0.15) is 5.10 Å². The lowest BCUT2D eigenvalue weighted by molar-refractivity contribution is 0.378. The summed E-state index contributed by atoms with van der Waals surface area (Å²) in [5, 5.41) is 7.76. The second-order valence-corrected chi connectivity index (χ2v) is 5.34. The maximum Gasteiger partial charge on any atom is 0.128 e. The highest BCUT2D eigenvalue weighted by molar-refractivity contribution is 5.31. The third-order valence-electron chi connectivity index (χ3n) is 3.68. The van der Waals surface area contributed by atoms with Crippen LogP contribution in [0.1, 0.15) is 25.3 Å². The van der Waals surface area contributed by atoms with Crippen molar-refractivity contribution in [3.05, 3.63) is 54.1 Å². The Hall–Kier alpha value is -1.68. The molecule has 0 radical (unpaired) electrons. The molecule has 1 aliphatic rings. The fraction of sp³-hybridized carbons (Fsp3) is 0.400. The van der Waals surface area contributed by atoms with Crippen LogP contribution in [0.25, 0.3) is 0 Å². The van der Waals surface area contributed by atoms with Gasteiger partial charge in [0.25, 0.3) is 0 Å². The Labute approximate surface area is 112 Å². The molecule has 3 rings (SSSR count). The molecule has 0 unspecified atom stereocenters. The van der Waals surface area contributed by atoms with Crippen LogP contribution in [0, 0.1) is 5.82 Å². The van der Waals surface area contributed by atoms with Crippen LogP contribution in [0.4, 0.5) is 4.39 Å². The molecule has 0 spiro atoms. The van der Waals surface area contributed by atoms with E-state index in [9.17, 15) is 4.39 Å². The second kappa shape index (κ2) is 4.78. The number of nitrogens with zero attached hydrogens (tertiary/aromatic N) is 2. The standard InChI is InChI=1S/C15H18FN3/c1-12(11-19-10-4-9-17-19)18-15(7-8-15)13-5-2-3-6-14(13)16/h2-6,9-10,12,18H,7-8,11H2,1H3/t12-/m0/s1. The highest BCUT2D eigenvalue weighted by atomic mass is 19.1. The molecule has 1 aliphatic carbocycles. The molecule has 0 bridgehead atoms. The fourth-order valence-corrected chi connectivity index (χ4v) is 2.67. The first-order chi connectivity index (χ1) is 9.20. The van der Waals surface area contributed by atoms with Gasteiger partial charge in [0.05, 0.1) is 6.54 Å². The summed E-state index contributed by atoms with van der Waals surface area (Å²) in [6.07, 6.45) is 5.71. The van der Waals surface area contributed by atoms with Crippen molar-refractivity contribution in [3.63, 3.8) is 0 Å². The molecule has 1 heterocycles. The van der Waals surface area contributed by atoms with E-state index >= 15 is 0 Å². The van der Waals surface area contributed by atoms with E-state index in [1.165, 1.54) is 6.07 Å². The Morgan fingerprint density at radius 2 is 2.16 bits per heavy atom. The Kier molecular flexibility index (Phi) is 3.11. The monoisotopic (exact) mass is 259 g/mol. The van der Waals surface area contributed by atoms with Crippen molar-refractivity contribution >= 4 is 0 Å². The van der Waals surface area contributed by atoms with E-state index in [1.807, 2.05) is 29.1 Å². The molecule has 1 saturated carbocycles. The van der Waals surface area contributed by atoms with E-state index in [0.29, 0.717) is 0 Å². The first-order valence-corrected chi connectivity index (χ1v) is 6.70. The van der Waals surface area contributed by atoms with Crippen LogP contribution in [0.5, 0.6) is 0 Å². The number of hydrogen-bond donors (Lipinski definition) is 1. The third kappa shape index (κ3) is 2.54. The van der Waals surface area contributed by atoms with Gasteiger partial charge in [-0.15, -0.1) is 0 Å². The van der Waals surface area contributed by atoms with E-state index in [2.05, 4.69) is 17.3 Å². The van der Waals surface area contributed by atoms with Crippen LogP contribution in [-0.4, -0.2) is 15.8 Å². The Morgan fingerprint density at radius 3 is 2.79 bits per heavy atom. The van der Waals surface area contributed by atoms with E-state index in [0.717, 1.165) is 24.9 Å². The molecule has 0 saturated heterocycles. The first-order valence-electron chi connectivity index (χ1n) is 6.70. The molecule has 1 atom stereocenters. The zero-order chi connectivity index (χ0) is 13.3. The van der Waals surface area contributed by atoms with Crippen molar-refractivity contribution in [1.82, 2.24) is 15.1 Å². The molecule has 1 fully saturated rings. The number of rotatable bonds is 5. The smallest absolute Gasteiger partial charge is 0.128 e. The summed E-state index contributed by atoms with van der Waals surface area (Å²) in [6.45, 7) is 2.91. The van der Waals surface area contributed by atoms with Crippen molar-refractivity contribution in [2.45, 2.75) is 37.9 Å². The number of halogens is 1. The summed E-state index contributed by atoms with van der Waals surface area (Å²) in [7, 11) is 0. The average Bonchev–Trinajstić information content (AvgIpc) is 2.97. The summed E-state index contributed by atoms with van der Waals surface area (Å²) in [5.74, 6) is -0.112. The van der Waals surface area contributed by atoms with Gasteiger partial charge in [0.1, 0.15) is 5.82 Å². The average molecular weight is 259 g/mol. The zero-order valence-electron chi connectivity index (χ0n) is 11.0. The van der Waals surface area contributed by atoms with E-state index in [1.54, 1.807) is 12.3 Å². The molecule has 3 nitrogen and oxygen atoms in total. The van der Waals surface area contributed by atoms with Crippen molar-refractivity contribution in [3.8, 4) is 0 Å². The van der Waals surface area contributed by atoms with E-state index in [-0.39, 0.29) is 17.4 Å². The minimum Gasteiger partial charge on any atom is -0.303 e. The fourth-order valence-electron chi connectivity index (χ4n) is 2.67. The lowest BCUT2D eigenvalue weighted by atomic mass is 10.0. The summed E-state index contributed by atoms with van der Waals surface area (Å²) < 4.78 is 15.8. The molecule has 2 aromatic rings. The Balaban J connectivity index is 1.71. The topological polar surface area (TPSA) is 29.9 Å². The van der Waals surface area contributed by atoms with Gasteiger partial charge in [0, 0.05) is 29.5 Å². The molecule has 0 amide bonds. The molecule has 0 aliphatic heterocycles. The van der Waals surface area contributed by atoms with Gasteiger partial charge < -0.3 is 5.32 Å². The predicted octanol–water partition coefficient (Wildman–Crippen LogP) is 2.69. The quantitative estimate of drug-likeness (QED) is 0.894. The molecular weight excluding hydrogens is 241 g/mol. The van der Waals surface area contributed by atoms with Gasteiger partial charge in [0.2, 0.25) is 0 Å². The molecular formula is C15H18FN3. The number of nitrogens with one attached hydrogen (secondary N) is 1. The van der Waals surface area contributed by atoms with Gasteiger partial charge in [-0.25, -0.2) is 4.39 Å². The maximum atomic E-state index is 13.9. The first kappa shape index (κ1) is 12.4. The lowest BCUT2D eigenvalue weighted by Gasteiger charge is -2.23. The normalized spacial score (nSPS) is 18.2. The summed E-state index contributed by atoms with van der Waals surface area (Å²) in [6, 6.07) is 9.23. The third-order valence-corrected chi connectivity index (χ3v) is 3.68. The number of hydrogen-bond acceptors (Lipinski definition) is 2. The van der Waals surface area contributed by atoms with Crippen molar-refractivity contribution < 1.29 is 4.39 Å². The van der Waals surface area contributed by atoms with Crippen LogP contribution < -0.4 is 5.32 Å². The summed E-state index contributed by atoms with van der Waals surface area (Å²) >= 11 is 0. The van der Waals surface area contributed by atoms with Gasteiger partial charge in [-0.05, 0) is 31.9 Å². The summed E-state index contributed by atoms with van der Waals surface area (Å²) in [4.78, 5) is 0. The SMILES string of the molecule is C[C@@H](Cn1cccn1)NC1(c2ccccc2F)CC1. The van der Waals surface area contributed by atoms with Crippen LogP contribution in [0.15, 0.2) is 42.7 Å². The lowest BCUT2D eigenvalue weighted by Crippen LogP contribution is -2.39. The minimum absolute atomic E-state index is 0.112. The number of benzene rings is 1. The molecule has 19 heavy (non-hydrogen) atoms. The minimum atomic E-state index is -0.169. The van der Waals surface area contributed by atoms with Gasteiger partial charge in [-0.1, -0.05) is 18.2 Å². The van der Waals surface area contributed by atoms with Crippen molar-refractivity contribution in [1.29, 1.82) is 0 Å². The van der Waals surface area contributed by atoms with Crippen molar-refractivity contribution in [2.24, 2.45) is 0 Å². The van der Waals surface area contributed by atoms with Gasteiger partial charge >= 0.3 is 0 Å². The highest BCUT2D eigenvalue weighted by Crippen LogP contribution is 2.46. The van der Waals surface area contributed by atoms with Gasteiger partial charge in [-0.3, -0.25) is 4.68 Å². The molecule has 100 valence electrons. The predicted molar refractivity (Wildman–Crippen MR) is 72.1 cm³/mol. The Morgan fingerprint density at radius 1 is 1.37 bits per heavy atom. The van der Waals surface area contributed by atoms with Gasteiger partial charge in [0.15, 0.2) is 0 Å². The molecule has 1 aromatic heterocycles. The van der Waals surface area contributed by atoms with Crippen LogP contribution in [0.2, 0.25) is 0 Å².